The van der Waals surface area contributed by atoms with Crippen molar-refractivity contribution in [3.8, 4) is 17.0 Å². The largest absolute Gasteiger partial charge is 0.494 e. The Labute approximate surface area is 157 Å². The van der Waals surface area contributed by atoms with E-state index in [-0.39, 0.29) is 5.91 Å². The van der Waals surface area contributed by atoms with Gasteiger partial charge in [0.1, 0.15) is 5.75 Å². The molecule has 5 heteroatoms. The molecule has 0 radical (unpaired) electrons. The zero-order valence-electron chi connectivity index (χ0n) is 14.8. The van der Waals surface area contributed by atoms with Crippen molar-refractivity contribution in [1.29, 1.82) is 0 Å². The van der Waals surface area contributed by atoms with E-state index in [1.807, 2.05) is 35.7 Å². The molecule has 4 nitrogen and oxygen atoms in total. The van der Waals surface area contributed by atoms with Gasteiger partial charge < -0.3 is 10.1 Å². The van der Waals surface area contributed by atoms with Crippen molar-refractivity contribution < 1.29 is 9.53 Å². The van der Waals surface area contributed by atoms with Crippen molar-refractivity contribution in [3.63, 3.8) is 0 Å². The molecule has 0 aliphatic carbocycles. The fraction of sp³-hybridized carbons (Fsp3) is 0.238. The molecule has 2 aromatic carbocycles. The maximum Gasteiger partial charge on any atom is 0.226 e. The zero-order chi connectivity index (χ0) is 18.2. The molecular formula is C21H22N2O2S. The van der Waals surface area contributed by atoms with Gasteiger partial charge in [-0.05, 0) is 30.5 Å². The molecular weight excluding hydrogens is 344 g/mol. The van der Waals surface area contributed by atoms with Gasteiger partial charge in [0.05, 0.1) is 12.3 Å². The standard InChI is InChI=1S/C21H22N2O2S/c1-2-16-10-12-17(13-11-16)19-15-26-21(22-19)23-20(24)9-6-14-25-18-7-4-3-5-8-18/h3-5,7-8,10-13,15H,2,6,9,14H2,1H3,(H,22,23,24). The molecule has 0 aliphatic heterocycles. The van der Waals surface area contributed by atoms with Gasteiger partial charge in [-0.15, -0.1) is 11.3 Å². The van der Waals surface area contributed by atoms with Gasteiger partial charge in [0.15, 0.2) is 5.13 Å². The van der Waals surface area contributed by atoms with Crippen LogP contribution in [-0.2, 0) is 11.2 Å². The van der Waals surface area contributed by atoms with Gasteiger partial charge in [0.25, 0.3) is 0 Å². The molecule has 0 atom stereocenters. The van der Waals surface area contributed by atoms with E-state index in [1.165, 1.54) is 16.9 Å². The van der Waals surface area contributed by atoms with Gasteiger partial charge in [-0.1, -0.05) is 49.4 Å². The van der Waals surface area contributed by atoms with Crippen LogP contribution in [0, 0.1) is 0 Å². The van der Waals surface area contributed by atoms with E-state index in [1.54, 1.807) is 0 Å². The maximum absolute atomic E-state index is 12.1. The van der Waals surface area contributed by atoms with Crippen LogP contribution in [0.5, 0.6) is 5.75 Å². The number of nitrogens with zero attached hydrogens (tertiary/aromatic N) is 1. The van der Waals surface area contributed by atoms with E-state index in [0.717, 1.165) is 23.4 Å². The molecule has 0 saturated carbocycles. The first-order valence-corrected chi connectivity index (χ1v) is 9.65. The van der Waals surface area contributed by atoms with Crippen molar-refractivity contribution >= 4 is 22.4 Å². The Balaban J connectivity index is 1.45. The van der Waals surface area contributed by atoms with Crippen LogP contribution < -0.4 is 10.1 Å². The maximum atomic E-state index is 12.1. The number of aryl methyl sites for hydroxylation is 1. The summed E-state index contributed by atoms with van der Waals surface area (Å²) in [5, 5.41) is 5.47. The van der Waals surface area contributed by atoms with Gasteiger partial charge in [-0.2, -0.15) is 0 Å². The highest BCUT2D eigenvalue weighted by Gasteiger charge is 2.08. The van der Waals surface area contributed by atoms with E-state index in [9.17, 15) is 4.79 Å². The number of aromatic nitrogens is 1. The molecule has 0 spiro atoms. The van der Waals surface area contributed by atoms with Gasteiger partial charge in [0.2, 0.25) is 5.91 Å². The van der Waals surface area contributed by atoms with E-state index < -0.39 is 0 Å². The average Bonchev–Trinajstić information content (AvgIpc) is 3.14. The lowest BCUT2D eigenvalue weighted by atomic mass is 10.1. The summed E-state index contributed by atoms with van der Waals surface area (Å²) < 4.78 is 5.59. The number of benzene rings is 2. The number of carbonyl (C=O) groups excluding carboxylic acids is 1. The quantitative estimate of drug-likeness (QED) is 0.560. The lowest BCUT2D eigenvalue weighted by Gasteiger charge is -2.05. The Bertz CT molecular complexity index is 829. The van der Waals surface area contributed by atoms with Gasteiger partial charge in [-0.3, -0.25) is 4.79 Å². The summed E-state index contributed by atoms with van der Waals surface area (Å²) in [6, 6.07) is 18.0. The third-order valence-corrected chi connectivity index (χ3v) is 4.73. The summed E-state index contributed by atoms with van der Waals surface area (Å²) in [5.74, 6) is 0.787. The minimum absolute atomic E-state index is 0.0381. The van der Waals surface area contributed by atoms with Crippen molar-refractivity contribution in [1.82, 2.24) is 4.98 Å². The number of hydrogen-bond donors (Lipinski definition) is 1. The summed E-state index contributed by atoms with van der Waals surface area (Å²) in [6.07, 6.45) is 2.09. The summed E-state index contributed by atoms with van der Waals surface area (Å²) in [4.78, 5) is 16.6. The second-order valence-corrected chi connectivity index (χ2v) is 6.76. The first kappa shape index (κ1) is 18.1. The Morgan fingerprint density at radius 2 is 1.88 bits per heavy atom. The molecule has 0 fully saturated rings. The van der Waals surface area contributed by atoms with Crippen LogP contribution >= 0.6 is 11.3 Å². The second kappa shape index (κ2) is 9.15. The number of nitrogens with one attached hydrogen (secondary N) is 1. The van der Waals surface area contributed by atoms with Crippen molar-refractivity contribution in [2.24, 2.45) is 0 Å². The molecule has 1 aromatic heterocycles. The smallest absolute Gasteiger partial charge is 0.226 e. The predicted molar refractivity (Wildman–Crippen MR) is 107 cm³/mol. The highest BCUT2D eigenvalue weighted by molar-refractivity contribution is 7.14. The van der Waals surface area contributed by atoms with Crippen LogP contribution in [0.15, 0.2) is 60.0 Å². The topological polar surface area (TPSA) is 51.2 Å². The summed E-state index contributed by atoms with van der Waals surface area (Å²) in [5.41, 5.74) is 3.26. The fourth-order valence-electron chi connectivity index (χ4n) is 2.50. The molecule has 0 unspecified atom stereocenters. The minimum atomic E-state index is -0.0381. The number of carbonyl (C=O) groups is 1. The van der Waals surface area contributed by atoms with E-state index >= 15 is 0 Å². The first-order chi connectivity index (χ1) is 12.7. The number of ether oxygens (including phenoxy) is 1. The van der Waals surface area contributed by atoms with Gasteiger partial charge >= 0.3 is 0 Å². The van der Waals surface area contributed by atoms with E-state index in [4.69, 9.17) is 4.74 Å². The SMILES string of the molecule is CCc1ccc(-c2csc(NC(=O)CCCOc3ccccc3)n2)cc1. The number of thiazole rings is 1. The van der Waals surface area contributed by atoms with E-state index in [2.05, 4.69) is 41.5 Å². The molecule has 0 aliphatic rings. The average molecular weight is 366 g/mol. The Morgan fingerprint density at radius 3 is 2.62 bits per heavy atom. The molecule has 1 N–H and O–H groups in total. The Hall–Kier alpha value is -2.66. The molecule has 134 valence electrons. The van der Waals surface area contributed by atoms with Crippen LogP contribution in [-0.4, -0.2) is 17.5 Å². The minimum Gasteiger partial charge on any atom is -0.494 e. The van der Waals surface area contributed by atoms with Crippen molar-refractivity contribution in [3.05, 3.63) is 65.5 Å². The molecule has 0 bridgehead atoms. The van der Waals surface area contributed by atoms with Crippen LogP contribution in [0.2, 0.25) is 0 Å². The second-order valence-electron chi connectivity index (χ2n) is 5.90. The molecule has 3 aromatic rings. The third-order valence-electron chi connectivity index (χ3n) is 3.97. The normalized spacial score (nSPS) is 10.5. The molecule has 0 saturated heterocycles. The number of para-hydroxylation sites is 1. The molecule has 1 heterocycles. The van der Waals surface area contributed by atoms with E-state index in [0.29, 0.717) is 24.6 Å². The lowest BCUT2D eigenvalue weighted by Crippen LogP contribution is -2.12. The highest BCUT2D eigenvalue weighted by Crippen LogP contribution is 2.25. The fourth-order valence-corrected chi connectivity index (χ4v) is 3.23. The summed E-state index contributed by atoms with van der Waals surface area (Å²) in [7, 11) is 0. The molecule has 1 amide bonds. The van der Waals surface area contributed by atoms with Crippen molar-refractivity contribution in [2.75, 3.05) is 11.9 Å². The van der Waals surface area contributed by atoms with Crippen LogP contribution in [0.25, 0.3) is 11.3 Å². The van der Waals surface area contributed by atoms with Crippen molar-refractivity contribution in [2.45, 2.75) is 26.2 Å². The Morgan fingerprint density at radius 1 is 1.12 bits per heavy atom. The predicted octanol–water partition coefficient (Wildman–Crippen LogP) is 5.17. The number of anilines is 1. The Kier molecular flexibility index (Phi) is 6.39. The van der Waals surface area contributed by atoms with Crippen LogP contribution in [0.4, 0.5) is 5.13 Å². The first-order valence-electron chi connectivity index (χ1n) is 8.77. The lowest BCUT2D eigenvalue weighted by molar-refractivity contribution is -0.116. The zero-order valence-corrected chi connectivity index (χ0v) is 15.6. The van der Waals surface area contributed by atoms with Crippen LogP contribution in [0.3, 0.4) is 0 Å². The molecule has 26 heavy (non-hydrogen) atoms. The van der Waals surface area contributed by atoms with Crippen LogP contribution in [0.1, 0.15) is 25.3 Å². The number of hydrogen-bond acceptors (Lipinski definition) is 4. The molecule has 3 rings (SSSR count). The third kappa shape index (κ3) is 5.17. The highest BCUT2D eigenvalue weighted by atomic mass is 32.1. The summed E-state index contributed by atoms with van der Waals surface area (Å²) >= 11 is 1.44. The number of amides is 1. The number of rotatable bonds is 8. The monoisotopic (exact) mass is 366 g/mol. The van der Waals surface area contributed by atoms with Gasteiger partial charge in [-0.25, -0.2) is 4.98 Å². The summed E-state index contributed by atoms with van der Waals surface area (Å²) in [6.45, 7) is 2.65. The van der Waals surface area contributed by atoms with Gasteiger partial charge in [0, 0.05) is 17.4 Å².